The molecule has 0 saturated carbocycles. The van der Waals surface area contributed by atoms with Crippen molar-refractivity contribution in [2.45, 2.75) is 38.4 Å². The molecule has 31 heavy (non-hydrogen) atoms. The van der Waals surface area contributed by atoms with E-state index in [-0.39, 0.29) is 12.2 Å². The summed E-state index contributed by atoms with van der Waals surface area (Å²) in [7, 11) is 3.47. The van der Waals surface area contributed by atoms with Crippen LogP contribution in [0.3, 0.4) is 0 Å². The molecule has 1 aliphatic carbocycles. The van der Waals surface area contributed by atoms with Gasteiger partial charge < -0.3 is 14.2 Å². The van der Waals surface area contributed by atoms with Gasteiger partial charge in [0.15, 0.2) is 0 Å². The van der Waals surface area contributed by atoms with Crippen LogP contribution in [0.2, 0.25) is 0 Å². The predicted molar refractivity (Wildman–Crippen MR) is 124 cm³/mol. The average molecular weight is 413 g/mol. The summed E-state index contributed by atoms with van der Waals surface area (Å²) in [6.07, 6.45) is 0.564. The minimum absolute atomic E-state index is 0.0439. The molecule has 0 fully saturated rings. The third-order valence-corrected chi connectivity index (χ3v) is 6.86. The molecule has 3 aromatic carbocycles. The number of allylic oxidation sites excluding steroid dienone is 1. The highest BCUT2D eigenvalue weighted by Crippen LogP contribution is 2.57. The molecule has 5 rings (SSSR count). The summed E-state index contributed by atoms with van der Waals surface area (Å²) in [5.74, 6) is 2.01. The Bertz CT molecular complexity index is 1130. The van der Waals surface area contributed by atoms with E-state index in [2.05, 4.69) is 68.4 Å². The van der Waals surface area contributed by atoms with Crippen LogP contribution in [-0.4, -0.2) is 14.2 Å². The number of methoxy groups -OCH3 is 2. The first kappa shape index (κ1) is 19.9. The van der Waals surface area contributed by atoms with Crippen LogP contribution in [0, 0.1) is 0 Å². The van der Waals surface area contributed by atoms with Gasteiger partial charge in [0.25, 0.3) is 0 Å². The first-order valence-corrected chi connectivity index (χ1v) is 10.9. The van der Waals surface area contributed by atoms with E-state index >= 15 is 0 Å². The van der Waals surface area contributed by atoms with Gasteiger partial charge in [0.1, 0.15) is 17.6 Å². The van der Waals surface area contributed by atoms with Crippen LogP contribution in [0.25, 0.3) is 5.57 Å². The van der Waals surface area contributed by atoms with Gasteiger partial charge in [0.2, 0.25) is 0 Å². The normalized spacial score (nSPS) is 22.1. The lowest BCUT2D eigenvalue weighted by Gasteiger charge is -2.26. The highest BCUT2D eigenvalue weighted by Gasteiger charge is 2.40. The Morgan fingerprint density at radius 2 is 1.39 bits per heavy atom. The average Bonchev–Trinajstić information content (AvgIpc) is 2.97. The Kier molecular flexibility index (Phi) is 5.07. The quantitative estimate of drug-likeness (QED) is 0.469. The standard InChI is InChI=1S/C28H28O3/c1-17-18(2)25-23(29-3)16-24(30-4)27-26(25)21(17)15-22(19-11-7-5-8-12-19)31-28(27)20-13-9-6-10-14-20/h5-14,16,18,22,28H,15H2,1-4H3/t18-,22-,28+/m0/s1. The molecular weight excluding hydrogens is 384 g/mol. The van der Waals surface area contributed by atoms with E-state index in [1.807, 2.05) is 12.1 Å². The van der Waals surface area contributed by atoms with Crippen molar-refractivity contribution in [3.8, 4) is 11.5 Å². The van der Waals surface area contributed by atoms with E-state index in [0.717, 1.165) is 29.0 Å². The molecular formula is C28H28O3. The van der Waals surface area contributed by atoms with Crippen LogP contribution in [0.4, 0.5) is 0 Å². The molecule has 1 aliphatic heterocycles. The fourth-order valence-electron chi connectivity index (χ4n) is 5.16. The molecule has 3 nitrogen and oxygen atoms in total. The SMILES string of the molecule is COc1cc(OC)c2c3c1[C@@H](c1ccccc1)O[C@H](c1ccccc1)CC3=C(C)[C@@H]2C. The van der Waals surface area contributed by atoms with Crippen molar-refractivity contribution in [3.05, 3.63) is 100 Å². The zero-order valence-electron chi connectivity index (χ0n) is 18.5. The molecule has 3 atom stereocenters. The molecule has 3 heteroatoms. The van der Waals surface area contributed by atoms with Crippen molar-refractivity contribution in [2.75, 3.05) is 14.2 Å². The number of rotatable bonds is 4. The van der Waals surface area contributed by atoms with Crippen LogP contribution in [0.5, 0.6) is 11.5 Å². The largest absolute Gasteiger partial charge is 0.496 e. The van der Waals surface area contributed by atoms with E-state index < -0.39 is 0 Å². The van der Waals surface area contributed by atoms with Gasteiger partial charge in [0, 0.05) is 29.5 Å². The molecule has 3 aromatic rings. The molecule has 1 heterocycles. The second-order valence-electron chi connectivity index (χ2n) is 8.40. The third kappa shape index (κ3) is 3.16. The molecule has 0 bridgehead atoms. The molecule has 158 valence electrons. The van der Waals surface area contributed by atoms with Crippen molar-refractivity contribution in [1.82, 2.24) is 0 Å². The van der Waals surface area contributed by atoms with E-state index in [1.165, 1.54) is 27.8 Å². The smallest absolute Gasteiger partial charge is 0.129 e. The number of ether oxygens (including phenoxy) is 3. The zero-order valence-corrected chi connectivity index (χ0v) is 18.5. The Morgan fingerprint density at radius 3 is 2.00 bits per heavy atom. The number of hydrogen-bond donors (Lipinski definition) is 0. The Morgan fingerprint density at radius 1 is 0.806 bits per heavy atom. The monoisotopic (exact) mass is 412 g/mol. The van der Waals surface area contributed by atoms with Gasteiger partial charge in [0.05, 0.1) is 20.3 Å². The van der Waals surface area contributed by atoms with Crippen molar-refractivity contribution < 1.29 is 14.2 Å². The predicted octanol–water partition coefficient (Wildman–Crippen LogP) is 6.85. The van der Waals surface area contributed by atoms with Gasteiger partial charge in [-0.15, -0.1) is 0 Å². The second-order valence-corrected chi connectivity index (χ2v) is 8.40. The molecule has 0 amide bonds. The van der Waals surface area contributed by atoms with E-state index in [4.69, 9.17) is 14.2 Å². The molecule has 0 spiro atoms. The lowest BCUT2D eigenvalue weighted by Crippen LogP contribution is -2.12. The second kappa shape index (κ2) is 7.90. The summed E-state index contributed by atoms with van der Waals surface area (Å²) in [6, 6.07) is 23.0. The fourth-order valence-corrected chi connectivity index (χ4v) is 5.16. The Hall–Kier alpha value is -3.04. The summed E-state index contributed by atoms with van der Waals surface area (Å²) >= 11 is 0. The first-order valence-electron chi connectivity index (χ1n) is 10.9. The number of benzene rings is 3. The lowest BCUT2D eigenvalue weighted by atomic mass is 9.89. The number of hydrogen-bond acceptors (Lipinski definition) is 3. The van der Waals surface area contributed by atoms with Crippen molar-refractivity contribution in [3.63, 3.8) is 0 Å². The molecule has 2 aliphatic rings. The highest BCUT2D eigenvalue weighted by atomic mass is 16.5. The summed E-state index contributed by atoms with van der Waals surface area (Å²) in [6.45, 7) is 4.53. The summed E-state index contributed by atoms with van der Waals surface area (Å²) in [4.78, 5) is 0. The van der Waals surface area contributed by atoms with Crippen LogP contribution < -0.4 is 9.47 Å². The van der Waals surface area contributed by atoms with Crippen LogP contribution in [0.15, 0.2) is 72.3 Å². The van der Waals surface area contributed by atoms with Gasteiger partial charge in [-0.3, -0.25) is 0 Å². The van der Waals surface area contributed by atoms with Gasteiger partial charge >= 0.3 is 0 Å². The lowest BCUT2D eigenvalue weighted by molar-refractivity contribution is 0.0117. The van der Waals surface area contributed by atoms with Crippen molar-refractivity contribution >= 4 is 5.57 Å². The highest BCUT2D eigenvalue weighted by molar-refractivity contribution is 5.85. The summed E-state index contributed by atoms with van der Waals surface area (Å²) < 4.78 is 18.7. The van der Waals surface area contributed by atoms with Gasteiger partial charge in [-0.25, -0.2) is 0 Å². The minimum atomic E-state index is -0.225. The van der Waals surface area contributed by atoms with E-state index in [1.54, 1.807) is 14.2 Å². The topological polar surface area (TPSA) is 27.7 Å². The maximum atomic E-state index is 6.91. The van der Waals surface area contributed by atoms with Gasteiger partial charge in [-0.1, -0.05) is 73.2 Å². The van der Waals surface area contributed by atoms with Crippen LogP contribution in [0.1, 0.15) is 66.2 Å². The van der Waals surface area contributed by atoms with Crippen molar-refractivity contribution in [2.24, 2.45) is 0 Å². The maximum Gasteiger partial charge on any atom is 0.129 e. The van der Waals surface area contributed by atoms with Crippen molar-refractivity contribution in [1.29, 1.82) is 0 Å². The van der Waals surface area contributed by atoms with Gasteiger partial charge in [-0.2, -0.15) is 0 Å². The summed E-state index contributed by atoms with van der Waals surface area (Å²) in [5.41, 5.74) is 8.71. The zero-order chi connectivity index (χ0) is 21.5. The molecule has 0 radical (unpaired) electrons. The van der Waals surface area contributed by atoms with Crippen LogP contribution >= 0.6 is 0 Å². The van der Waals surface area contributed by atoms with E-state index in [0.29, 0.717) is 5.92 Å². The first-order chi connectivity index (χ1) is 15.1. The minimum Gasteiger partial charge on any atom is -0.496 e. The fraction of sp³-hybridized carbons (Fsp3) is 0.286. The molecule has 0 N–H and O–H groups in total. The maximum absolute atomic E-state index is 6.91. The molecule has 0 unspecified atom stereocenters. The van der Waals surface area contributed by atoms with Crippen LogP contribution in [-0.2, 0) is 4.74 Å². The van der Waals surface area contributed by atoms with E-state index in [9.17, 15) is 0 Å². The summed E-state index contributed by atoms with van der Waals surface area (Å²) in [5, 5.41) is 0. The molecule has 0 saturated heterocycles. The third-order valence-electron chi connectivity index (χ3n) is 6.86. The Labute approximate surface area is 184 Å². The molecule has 0 aromatic heterocycles. The Balaban J connectivity index is 1.80. The van der Waals surface area contributed by atoms with Gasteiger partial charge in [-0.05, 0) is 29.2 Å².